The number of hydrogen-bond donors (Lipinski definition) is 1. The van der Waals surface area contributed by atoms with Crippen molar-refractivity contribution in [2.24, 2.45) is 5.92 Å². The molecule has 0 amide bonds. The van der Waals surface area contributed by atoms with E-state index in [-0.39, 0.29) is 5.41 Å². The van der Waals surface area contributed by atoms with Crippen molar-refractivity contribution < 1.29 is 0 Å². The van der Waals surface area contributed by atoms with Gasteiger partial charge in [-0.25, -0.2) is 0 Å². The quantitative estimate of drug-likeness (QED) is 0.655. The molecule has 118 valence electrons. The fraction of sp³-hybridized carbons (Fsp3) is 0.700. The second kappa shape index (κ2) is 7.33. The van der Waals surface area contributed by atoms with Crippen molar-refractivity contribution in [3.05, 3.63) is 29.8 Å². The summed E-state index contributed by atoms with van der Waals surface area (Å²) in [4.78, 5) is 0. The molecule has 2 rings (SSSR count). The summed E-state index contributed by atoms with van der Waals surface area (Å²) in [6.45, 7) is 9.23. The third kappa shape index (κ3) is 4.76. The molecule has 21 heavy (non-hydrogen) atoms. The topological polar surface area (TPSA) is 12.0 Å². The molecule has 1 heteroatoms. The van der Waals surface area contributed by atoms with Gasteiger partial charge < -0.3 is 5.32 Å². The van der Waals surface area contributed by atoms with E-state index in [1.54, 1.807) is 0 Å². The average molecular weight is 287 g/mol. The normalized spacial score (nSPS) is 23.6. The van der Waals surface area contributed by atoms with Gasteiger partial charge in [0, 0.05) is 11.7 Å². The molecule has 0 bridgehead atoms. The first-order valence-electron chi connectivity index (χ1n) is 8.86. The van der Waals surface area contributed by atoms with Crippen molar-refractivity contribution in [2.45, 2.75) is 84.1 Å². The van der Waals surface area contributed by atoms with E-state index in [0.717, 1.165) is 5.92 Å². The van der Waals surface area contributed by atoms with Gasteiger partial charge in [-0.3, -0.25) is 0 Å². The molecule has 1 N–H and O–H groups in total. The van der Waals surface area contributed by atoms with E-state index in [1.165, 1.54) is 56.2 Å². The Balaban J connectivity index is 2.02. The predicted octanol–water partition coefficient (Wildman–Crippen LogP) is 6.15. The van der Waals surface area contributed by atoms with Crippen LogP contribution in [0.15, 0.2) is 24.3 Å². The molecule has 1 saturated carbocycles. The zero-order valence-electron chi connectivity index (χ0n) is 14.4. The van der Waals surface area contributed by atoms with Crippen LogP contribution in [-0.2, 0) is 5.41 Å². The van der Waals surface area contributed by atoms with Crippen molar-refractivity contribution in [2.75, 3.05) is 5.32 Å². The summed E-state index contributed by atoms with van der Waals surface area (Å²) in [5.41, 5.74) is 3.00. The largest absolute Gasteiger partial charge is 0.382 e. The zero-order valence-corrected chi connectivity index (χ0v) is 14.4. The van der Waals surface area contributed by atoms with Crippen LogP contribution in [-0.4, -0.2) is 6.04 Å². The summed E-state index contributed by atoms with van der Waals surface area (Å²) in [6.07, 6.45) is 9.67. The lowest BCUT2D eigenvalue weighted by atomic mass is 9.85. The van der Waals surface area contributed by atoms with E-state index in [0.29, 0.717) is 6.04 Å². The van der Waals surface area contributed by atoms with Gasteiger partial charge in [-0.05, 0) is 42.2 Å². The van der Waals surface area contributed by atoms with E-state index >= 15 is 0 Å². The number of hydrogen-bond acceptors (Lipinski definition) is 1. The average Bonchev–Trinajstić information content (AvgIpc) is 2.64. The van der Waals surface area contributed by atoms with Gasteiger partial charge in [0.25, 0.3) is 0 Å². The van der Waals surface area contributed by atoms with Gasteiger partial charge in [-0.1, -0.05) is 71.6 Å². The van der Waals surface area contributed by atoms with Crippen molar-refractivity contribution in [1.82, 2.24) is 0 Å². The summed E-state index contributed by atoms with van der Waals surface area (Å²) >= 11 is 0. The molecule has 0 saturated heterocycles. The maximum absolute atomic E-state index is 3.86. The van der Waals surface area contributed by atoms with Crippen molar-refractivity contribution in [3.8, 4) is 0 Å². The van der Waals surface area contributed by atoms with Crippen LogP contribution in [0, 0.1) is 5.92 Å². The number of nitrogens with one attached hydrogen (secondary N) is 1. The molecule has 1 nitrogen and oxygen atoms in total. The molecule has 1 fully saturated rings. The fourth-order valence-corrected chi connectivity index (χ4v) is 3.70. The van der Waals surface area contributed by atoms with E-state index in [2.05, 4.69) is 57.3 Å². The molecule has 0 heterocycles. The van der Waals surface area contributed by atoms with Crippen molar-refractivity contribution in [3.63, 3.8) is 0 Å². The minimum absolute atomic E-state index is 0.207. The maximum Gasteiger partial charge on any atom is 0.0380 e. The van der Waals surface area contributed by atoms with Gasteiger partial charge in [-0.2, -0.15) is 0 Å². The SMILES string of the molecule is CCCC1CCCC(Nc2ccccc2C(C)(C)C)CC1. The molecule has 2 atom stereocenters. The summed E-state index contributed by atoms with van der Waals surface area (Å²) in [6, 6.07) is 9.52. The molecule has 0 spiro atoms. The highest BCUT2D eigenvalue weighted by Crippen LogP contribution is 2.32. The first-order chi connectivity index (χ1) is 10.0. The summed E-state index contributed by atoms with van der Waals surface area (Å²) < 4.78 is 0. The number of rotatable bonds is 4. The van der Waals surface area contributed by atoms with Crippen molar-refractivity contribution >= 4 is 5.69 Å². The summed E-state index contributed by atoms with van der Waals surface area (Å²) in [5, 5.41) is 3.86. The highest BCUT2D eigenvalue weighted by atomic mass is 14.9. The van der Waals surface area contributed by atoms with Gasteiger partial charge in [-0.15, -0.1) is 0 Å². The molecule has 1 aromatic carbocycles. The Morgan fingerprint density at radius 1 is 1.05 bits per heavy atom. The van der Waals surface area contributed by atoms with E-state index in [1.807, 2.05) is 0 Å². The van der Waals surface area contributed by atoms with Crippen LogP contribution in [0.3, 0.4) is 0 Å². The van der Waals surface area contributed by atoms with Crippen LogP contribution in [0.2, 0.25) is 0 Å². The first-order valence-corrected chi connectivity index (χ1v) is 8.86. The Labute approximate surface area is 131 Å². The highest BCUT2D eigenvalue weighted by Gasteiger charge is 2.21. The lowest BCUT2D eigenvalue weighted by Crippen LogP contribution is -2.22. The number of benzene rings is 1. The molecular weight excluding hydrogens is 254 g/mol. The Hall–Kier alpha value is -0.980. The third-order valence-electron chi connectivity index (χ3n) is 4.88. The third-order valence-corrected chi connectivity index (χ3v) is 4.88. The standard InChI is InChI=1S/C20H33N/c1-5-9-16-10-8-11-17(15-14-16)21-19-13-7-6-12-18(19)20(2,3)4/h6-7,12-13,16-17,21H,5,8-11,14-15H2,1-4H3. The predicted molar refractivity (Wildman–Crippen MR) is 94.0 cm³/mol. The molecular formula is C20H33N. The van der Waals surface area contributed by atoms with Gasteiger partial charge >= 0.3 is 0 Å². The first kappa shape index (κ1) is 16.4. The monoisotopic (exact) mass is 287 g/mol. The summed E-state index contributed by atoms with van der Waals surface area (Å²) in [7, 11) is 0. The summed E-state index contributed by atoms with van der Waals surface area (Å²) in [5.74, 6) is 0.972. The lowest BCUT2D eigenvalue weighted by molar-refractivity contribution is 0.422. The minimum Gasteiger partial charge on any atom is -0.382 e. The smallest absolute Gasteiger partial charge is 0.0380 e. The van der Waals surface area contributed by atoms with Crippen molar-refractivity contribution in [1.29, 1.82) is 0 Å². The Bertz CT molecular complexity index is 430. The second-order valence-electron chi connectivity index (χ2n) is 7.80. The van der Waals surface area contributed by atoms with E-state index in [4.69, 9.17) is 0 Å². The molecule has 0 aliphatic heterocycles. The van der Waals surface area contributed by atoms with Gasteiger partial charge in [0.1, 0.15) is 0 Å². The van der Waals surface area contributed by atoms with E-state index < -0.39 is 0 Å². The molecule has 0 radical (unpaired) electrons. The second-order valence-corrected chi connectivity index (χ2v) is 7.80. The molecule has 0 aromatic heterocycles. The fourth-order valence-electron chi connectivity index (χ4n) is 3.70. The Kier molecular flexibility index (Phi) is 5.72. The van der Waals surface area contributed by atoms with Crippen LogP contribution in [0.1, 0.15) is 78.2 Å². The van der Waals surface area contributed by atoms with Crippen LogP contribution < -0.4 is 5.32 Å². The Morgan fingerprint density at radius 3 is 2.52 bits per heavy atom. The van der Waals surface area contributed by atoms with Crippen LogP contribution in [0.4, 0.5) is 5.69 Å². The van der Waals surface area contributed by atoms with Crippen LogP contribution >= 0.6 is 0 Å². The minimum atomic E-state index is 0.207. The van der Waals surface area contributed by atoms with Crippen LogP contribution in [0.5, 0.6) is 0 Å². The zero-order chi connectivity index (χ0) is 15.3. The Morgan fingerprint density at radius 2 is 1.81 bits per heavy atom. The molecule has 2 unspecified atom stereocenters. The number of anilines is 1. The molecule has 1 aromatic rings. The van der Waals surface area contributed by atoms with Gasteiger partial charge in [0.05, 0.1) is 0 Å². The van der Waals surface area contributed by atoms with Crippen LogP contribution in [0.25, 0.3) is 0 Å². The molecule has 1 aliphatic rings. The lowest BCUT2D eigenvalue weighted by Gasteiger charge is -2.26. The number of para-hydroxylation sites is 1. The van der Waals surface area contributed by atoms with E-state index in [9.17, 15) is 0 Å². The van der Waals surface area contributed by atoms with Gasteiger partial charge in [0.15, 0.2) is 0 Å². The molecule has 1 aliphatic carbocycles. The highest BCUT2D eigenvalue weighted by molar-refractivity contribution is 5.54. The van der Waals surface area contributed by atoms with Gasteiger partial charge in [0.2, 0.25) is 0 Å². The maximum atomic E-state index is 3.86.